The number of nitrogens with zero attached hydrogens (tertiary/aromatic N) is 2. The molecule has 3 aromatic rings. The summed E-state index contributed by atoms with van der Waals surface area (Å²) in [5.41, 5.74) is 3.51. The van der Waals surface area contributed by atoms with Crippen LogP contribution in [0.1, 0.15) is 42.2 Å². The fourth-order valence-corrected chi connectivity index (χ4v) is 4.35. The molecule has 32 heavy (non-hydrogen) atoms. The Kier molecular flexibility index (Phi) is 5.84. The number of rotatable bonds is 5. The molecule has 0 N–H and O–H groups in total. The number of ether oxygens (including phenoxy) is 1. The number of carbonyl (C=O) groups is 3. The van der Waals surface area contributed by atoms with Gasteiger partial charge < -0.3 is 9.64 Å². The third kappa shape index (κ3) is 3.80. The second-order valence-corrected chi connectivity index (χ2v) is 8.49. The minimum absolute atomic E-state index is 0.0671. The molecule has 0 spiro atoms. The number of carbonyl (C=O) groups excluding carboxylic acids is 3. The van der Waals surface area contributed by atoms with Gasteiger partial charge in [0.25, 0.3) is 17.7 Å². The van der Waals surface area contributed by atoms with Gasteiger partial charge in [-0.15, -0.1) is 0 Å². The molecule has 7 heteroatoms. The zero-order valence-corrected chi connectivity index (χ0v) is 19.5. The van der Waals surface area contributed by atoms with E-state index < -0.39 is 0 Å². The molecule has 3 amide bonds. The third-order valence-electron chi connectivity index (χ3n) is 5.54. The van der Waals surface area contributed by atoms with Crippen molar-refractivity contribution in [1.82, 2.24) is 4.90 Å². The Morgan fingerprint density at radius 2 is 1.66 bits per heavy atom. The highest BCUT2D eigenvalue weighted by Crippen LogP contribution is 2.29. The van der Waals surface area contributed by atoms with Crippen molar-refractivity contribution in [1.29, 1.82) is 0 Å². The lowest BCUT2D eigenvalue weighted by atomic mass is 10.1. The summed E-state index contributed by atoms with van der Waals surface area (Å²) in [5.74, 6) is -0.506. The van der Waals surface area contributed by atoms with Gasteiger partial charge in [-0.2, -0.15) is 0 Å². The molecule has 3 aromatic carbocycles. The predicted octanol–water partition coefficient (Wildman–Crippen LogP) is 4.84. The lowest BCUT2D eigenvalue weighted by Crippen LogP contribution is -2.30. The van der Waals surface area contributed by atoms with Crippen LogP contribution in [0, 0.1) is 6.92 Å². The molecular formula is C25H21BrN2O4. The van der Waals surface area contributed by atoms with Crippen molar-refractivity contribution in [3.05, 3.63) is 93.0 Å². The Hall–Kier alpha value is -3.45. The van der Waals surface area contributed by atoms with Gasteiger partial charge in [-0.1, -0.05) is 34.1 Å². The number of hydrogen-bond donors (Lipinski definition) is 0. The number of hydrogen-bond acceptors (Lipinski definition) is 4. The molecule has 4 rings (SSSR count). The van der Waals surface area contributed by atoms with Crippen LogP contribution in [0.3, 0.4) is 0 Å². The van der Waals surface area contributed by atoms with Gasteiger partial charge in [0.15, 0.2) is 0 Å². The molecule has 0 aliphatic carbocycles. The Labute approximate surface area is 194 Å². The highest BCUT2D eigenvalue weighted by Gasteiger charge is 2.35. The maximum Gasteiger partial charge on any atom is 0.261 e. The van der Waals surface area contributed by atoms with Crippen LogP contribution in [0.15, 0.2) is 65.1 Å². The largest absolute Gasteiger partial charge is 0.496 e. The van der Waals surface area contributed by atoms with Crippen molar-refractivity contribution in [2.24, 2.45) is 0 Å². The van der Waals surface area contributed by atoms with Crippen molar-refractivity contribution in [3.63, 3.8) is 0 Å². The summed E-state index contributed by atoms with van der Waals surface area (Å²) in [6.45, 7) is 2.00. The smallest absolute Gasteiger partial charge is 0.261 e. The SMILES string of the molecule is COc1ccc(CN2C(=O)c3ccccc3C2=O)cc1C(=O)N(C)c1ccc(Br)cc1C. The van der Waals surface area contributed by atoms with Crippen molar-refractivity contribution in [3.8, 4) is 5.75 Å². The zero-order valence-electron chi connectivity index (χ0n) is 17.9. The molecule has 162 valence electrons. The monoisotopic (exact) mass is 492 g/mol. The van der Waals surface area contributed by atoms with Crippen LogP contribution in [0.25, 0.3) is 0 Å². The quantitative estimate of drug-likeness (QED) is 0.478. The van der Waals surface area contributed by atoms with Gasteiger partial charge in [-0.05, 0) is 60.5 Å². The molecule has 0 bridgehead atoms. The lowest BCUT2D eigenvalue weighted by Gasteiger charge is -2.22. The summed E-state index contributed by atoms with van der Waals surface area (Å²) in [4.78, 5) is 41.5. The zero-order chi connectivity index (χ0) is 23.0. The van der Waals surface area contributed by atoms with Gasteiger partial charge in [-0.25, -0.2) is 0 Å². The average Bonchev–Trinajstić information content (AvgIpc) is 3.03. The van der Waals surface area contributed by atoms with Crippen LogP contribution in [-0.2, 0) is 6.54 Å². The predicted molar refractivity (Wildman–Crippen MR) is 125 cm³/mol. The Bertz CT molecular complexity index is 1220. The summed E-state index contributed by atoms with van der Waals surface area (Å²) < 4.78 is 6.35. The first-order chi connectivity index (χ1) is 15.3. The van der Waals surface area contributed by atoms with Crippen LogP contribution in [-0.4, -0.2) is 36.8 Å². The first-order valence-electron chi connectivity index (χ1n) is 9.98. The van der Waals surface area contributed by atoms with Crippen LogP contribution in [0.4, 0.5) is 5.69 Å². The van der Waals surface area contributed by atoms with Crippen LogP contribution < -0.4 is 9.64 Å². The van der Waals surface area contributed by atoms with Gasteiger partial charge >= 0.3 is 0 Å². The number of fused-ring (bicyclic) bond motifs is 1. The molecule has 0 aromatic heterocycles. The number of methoxy groups -OCH3 is 1. The molecule has 1 aliphatic heterocycles. The van der Waals surface area contributed by atoms with Gasteiger partial charge in [0.2, 0.25) is 0 Å². The molecule has 6 nitrogen and oxygen atoms in total. The van der Waals surface area contributed by atoms with E-state index in [1.165, 1.54) is 12.0 Å². The molecular weight excluding hydrogens is 472 g/mol. The minimum Gasteiger partial charge on any atom is -0.496 e. The maximum absolute atomic E-state index is 13.3. The van der Waals surface area contributed by atoms with Crippen molar-refractivity contribution in [2.45, 2.75) is 13.5 Å². The van der Waals surface area contributed by atoms with E-state index in [9.17, 15) is 14.4 Å². The number of benzene rings is 3. The Morgan fingerprint density at radius 1 is 1.00 bits per heavy atom. The van der Waals surface area contributed by atoms with Gasteiger partial charge in [-0.3, -0.25) is 19.3 Å². The van der Waals surface area contributed by atoms with E-state index in [0.29, 0.717) is 28.0 Å². The third-order valence-corrected chi connectivity index (χ3v) is 6.03. The van der Waals surface area contributed by atoms with E-state index in [2.05, 4.69) is 15.9 Å². The van der Waals surface area contributed by atoms with E-state index in [4.69, 9.17) is 4.74 Å². The second-order valence-electron chi connectivity index (χ2n) is 7.57. The van der Waals surface area contributed by atoms with Crippen LogP contribution in [0.5, 0.6) is 5.75 Å². The van der Waals surface area contributed by atoms with Crippen molar-refractivity contribution in [2.75, 3.05) is 19.1 Å². The molecule has 0 unspecified atom stereocenters. The van der Waals surface area contributed by atoms with E-state index in [-0.39, 0.29) is 24.3 Å². The number of imide groups is 1. The van der Waals surface area contributed by atoms with E-state index in [1.54, 1.807) is 54.4 Å². The first-order valence-corrected chi connectivity index (χ1v) is 10.8. The van der Waals surface area contributed by atoms with Gasteiger partial charge in [0, 0.05) is 17.2 Å². The van der Waals surface area contributed by atoms with Gasteiger partial charge in [0.1, 0.15) is 5.75 Å². The number of aryl methyl sites for hydroxylation is 1. The molecule has 1 aliphatic rings. The topological polar surface area (TPSA) is 66.9 Å². The lowest BCUT2D eigenvalue weighted by molar-refractivity contribution is 0.0642. The Morgan fingerprint density at radius 3 is 2.25 bits per heavy atom. The Balaban J connectivity index is 1.64. The molecule has 0 atom stereocenters. The highest BCUT2D eigenvalue weighted by atomic mass is 79.9. The minimum atomic E-state index is -0.336. The second kappa shape index (κ2) is 8.59. The summed E-state index contributed by atoms with van der Waals surface area (Å²) in [5, 5.41) is 0. The summed E-state index contributed by atoms with van der Waals surface area (Å²) in [7, 11) is 3.20. The number of halogens is 1. The molecule has 1 heterocycles. The molecule has 0 radical (unpaired) electrons. The highest BCUT2D eigenvalue weighted by molar-refractivity contribution is 9.10. The molecule has 0 fully saturated rings. The maximum atomic E-state index is 13.3. The van der Waals surface area contributed by atoms with Crippen molar-refractivity contribution < 1.29 is 19.1 Å². The first kappa shape index (κ1) is 21.8. The van der Waals surface area contributed by atoms with Gasteiger partial charge in [0.05, 0.1) is 30.3 Å². The summed E-state index contributed by atoms with van der Waals surface area (Å²) >= 11 is 3.44. The summed E-state index contributed by atoms with van der Waals surface area (Å²) in [6.07, 6.45) is 0. The normalized spacial score (nSPS) is 12.7. The fraction of sp³-hybridized carbons (Fsp3) is 0.160. The number of amides is 3. The van der Waals surface area contributed by atoms with Crippen LogP contribution in [0.2, 0.25) is 0 Å². The molecule has 0 saturated heterocycles. The fourth-order valence-electron chi connectivity index (χ4n) is 3.87. The average molecular weight is 493 g/mol. The summed E-state index contributed by atoms with van der Waals surface area (Å²) in [6, 6.07) is 17.6. The van der Waals surface area contributed by atoms with E-state index in [0.717, 1.165) is 15.7 Å². The number of anilines is 1. The van der Waals surface area contributed by atoms with Crippen molar-refractivity contribution >= 4 is 39.3 Å². The van der Waals surface area contributed by atoms with Crippen LogP contribution >= 0.6 is 15.9 Å². The van der Waals surface area contributed by atoms with E-state index in [1.807, 2.05) is 25.1 Å². The standard InChI is InChI=1S/C25H21BrN2O4/c1-15-12-17(26)9-10-21(15)27(2)23(29)20-13-16(8-11-22(20)32-3)14-28-24(30)18-6-4-5-7-19(18)25(28)31/h4-13H,14H2,1-3H3. The molecule has 0 saturated carbocycles. The van der Waals surface area contributed by atoms with E-state index >= 15 is 0 Å².